The van der Waals surface area contributed by atoms with Gasteiger partial charge in [-0.25, -0.2) is 0 Å². The zero-order valence-electron chi connectivity index (χ0n) is 29.2. The standard InChI is InChI=1S/C52H35N/c1-2-15-36(16-3-1)37-19-12-22-42(31-37)53(43-23-13-20-38(32-43)51-34-40-17-4-6-25-45(40)47-27-8-10-29-49(47)51)44-24-14-21-39(33-44)52-35-41-18-5-7-26-46(41)48-28-9-11-30-50(48)52/h1-35H. The molecule has 0 fully saturated rings. The quantitative estimate of drug-likeness (QED) is 0.159. The van der Waals surface area contributed by atoms with Gasteiger partial charge in [0, 0.05) is 17.1 Å². The van der Waals surface area contributed by atoms with Crippen LogP contribution in [-0.4, -0.2) is 0 Å². The smallest absolute Gasteiger partial charge is 0.0467 e. The first-order chi connectivity index (χ1) is 26.3. The number of nitrogens with zero attached hydrogens (tertiary/aromatic N) is 1. The van der Waals surface area contributed by atoms with Crippen LogP contribution in [0.4, 0.5) is 17.1 Å². The van der Waals surface area contributed by atoms with E-state index in [0.29, 0.717) is 0 Å². The number of benzene rings is 10. The minimum absolute atomic E-state index is 1.10. The van der Waals surface area contributed by atoms with Gasteiger partial charge in [-0.1, -0.05) is 164 Å². The maximum Gasteiger partial charge on any atom is 0.0467 e. The monoisotopic (exact) mass is 673 g/mol. The Balaban J connectivity index is 1.18. The fourth-order valence-corrected chi connectivity index (χ4v) is 8.11. The Morgan fingerprint density at radius 2 is 0.585 bits per heavy atom. The second-order valence-corrected chi connectivity index (χ2v) is 13.7. The molecule has 0 aliphatic carbocycles. The first kappa shape index (κ1) is 30.8. The van der Waals surface area contributed by atoms with Gasteiger partial charge in [-0.05, 0) is 125 Å². The zero-order chi connectivity index (χ0) is 35.1. The molecule has 10 rings (SSSR count). The third kappa shape index (κ3) is 5.51. The number of anilines is 3. The van der Waals surface area contributed by atoms with Crippen LogP contribution in [0.3, 0.4) is 0 Å². The summed E-state index contributed by atoms with van der Waals surface area (Å²) in [5, 5.41) is 10.1. The molecule has 0 aliphatic heterocycles. The van der Waals surface area contributed by atoms with Crippen molar-refractivity contribution >= 4 is 60.2 Å². The van der Waals surface area contributed by atoms with Gasteiger partial charge in [-0.3, -0.25) is 0 Å². The molecule has 0 radical (unpaired) electrons. The molecule has 0 unspecified atom stereocenters. The lowest BCUT2D eigenvalue weighted by Crippen LogP contribution is -2.10. The Bertz CT molecular complexity index is 2800. The molecule has 0 saturated heterocycles. The molecule has 1 nitrogen and oxygen atoms in total. The van der Waals surface area contributed by atoms with Crippen LogP contribution in [0.1, 0.15) is 0 Å². The van der Waals surface area contributed by atoms with Crippen molar-refractivity contribution in [2.75, 3.05) is 4.90 Å². The summed E-state index contributed by atoms with van der Waals surface area (Å²) in [6.45, 7) is 0. The minimum Gasteiger partial charge on any atom is -0.310 e. The van der Waals surface area contributed by atoms with E-state index >= 15 is 0 Å². The summed E-state index contributed by atoms with van der Waals surface area (Å²) in [5.74, 6) is 0. The highest BCUT2D eigenvalue weighted by Gasteiger charge is 2.18. The van der Waals surface area contributed by atoms with Crippen LogP contribution in [0.2, 0.25) is 0 Å². The van der Waals surface area contributed by atoms with Crippen LogP contribution in [0.15, 0.2) is 212 Å². The molecule has 10 aromatic carbocycles. The molecule has 53 heavy (non-hydrogen) atoms. The molecule has 248 valence electrons. The van der Waals surface area contributed by atoms with Gasteiger partial charge in [-0.15, -0.1) is 0 Å². The summed E-state index contributed by atoms with van der Waals surface area (Å²) in [6.07, 6.45) is 0. The molecule has 0 aromatic heterocycles. The van der Waals surface area contributed by atoms with Gasteiger partial charge in [0.1, 0.15) is 0 Å². The van der Waals surface area contributed by atoms with Crippen LogP contribution >= 0.6 is 0 Å². The molecular formula is C52H35N. The number of hydrogen-bond acceptors (Lipinski definition) is 1. The van der Waals surface area contributed by atoms with E-state index in [0.717, 1.165) is 17.1 Å². The molecule has 0 spiro atoms. The highest BCUT2D eigenvalue weighted by atomic mass is 15.1. The van der Waals surface area contributed by atoms with E-state index in [1.165, 1.54) is 76.5 Å². The SMILES string of the molecule is c1ccc(-c2cccc(N(c3cccc(-c4cc5ccccc5c5ccccc45)c3)c3cccc(-c4cc5ccccc5c5ccccc45)c3)c2)cc1. The van der Waals surface area contributed by atoms with Gasteiger partial charge in [-0.2, -0.15) is 0 Å². The summed E-state index contributed by atoms with van der Waals surface area (Å²) in [4.78, 5) is 2.41. The Morgan fingerprint density at radius 1 is 0.226 bits per heavy atom. The summed E-state index contributed by atoms with van der Waals surface area (Å²) >= 11 is 0. The van der Waals surface area contributed by atoms with Gasteiger partial charge in [0.2, 0.25) is 0 Å². The van der Waals surface area contributed by atoms with E-state index in [1.54, 1.807) is 0 Å². The summed E-state index contributed by atoms with van der Waals surface area (Å²) in [5.41, 5.74) is 10.5. The Labute approximate surface area is 309 Å². The predicted molar refractivity (Wildman–Crippen MR) is 227 cm³/mol. The maximum absolute atomic E-state index is 2.41. The van der Waals surface area contributed by atoms with E-state index in [-0.39, 0.29) is 0 Å². The van der Waals surface area contributed by atoms with Gasteiger partial charge >= 0.3 is 0 Å². The number of fused-ring (bicyclic) bond motifs is 6. The lowest BCUT2D eigenvalue weighted by molar-refractivity contribution is 1.28. The van der Waals surface area contributed by atoms with Gasteiger partial charge in [0.15, 0.2) is 0 Å². The molecule has 0 atom stereocenters. The second kappa shape index (κ2) is 13.0. The molecule has 1 heteroatoms. The summed E-state index contributed by atoms with van der Waals surface area (Å²) in [7, 11) is 0. The van der Waals surface area contributed by atoms with Crippen molar-refractivity contribution in [3.8, 4) is 33.4 Å². The summed E-state index contributed by atoms with van der Waals surface area (Å²) in [6, 6.07) is 77.3. The molecule has 0 amide bonds. The minimum atomic E-state index is 1.10. The zero-order valence-corrected chi connectivity index (χ0v) is 29.2. The third-order valence-corrected chi connectivity index (χ3v) is 10.6. The van der Waals surface area contributed by atoms with E-state index in [2.05, 4.69) is 217 Å². The fourth-order valence-electron chi connectivity index (χ4n) is 8.11. The summed E-state index contributed by atoms with van der Waals surface area (Å²) < 4.78 is 0. The maximum atomic E-state index is 2.41. The fraction of sp³-hybridized carbons (Fsp3) is 0. The van der Waals surface area contributed by atoms with Crippen molar-refractivity contribution in [2.45, 2.75) is 0 Å². The Morgan fingerprint density at radius 3 is 1.08 bits per heavy atom. The molecule has 0 saturated carbocycles. The van der Waals surface area contributed by atoms with Crippen molar-refractivity contribution < 1.29 is 0 Å². The molecule has 10 aromatic rings. The van der Waals surface area contributed by atoms with E-state index in [1.807, 2.05) is 0 Å². The molecule has 0 heterocycles. The van der Waals surface area contributed by atoms with Crippen LogP contribution < -0.4 is 4.90 Å². The van der Waals surface area contributed by atoms with Gasteiger partial charge < -0.3 is 4.90 Å². The van der Waals surface area contributed by atoms with Crippen molar-refractivity contribution in [1.82, 2.24) is 0 Å². The molecule has 0 aliphatic rings. The van der Waals surface area contributed by atoms with E-state index in [9.17, 15) is 0 Å². The first-order valence-corrected chi connectivity index (χ1v) is 18.3. The molecular weight excluding hydrogens is 639 g/mol. The van der Waals surface area contributed by atoms with Crippen molar-refractivity contribution in [3.05, 3.63) is 212 Å². The highest BCUT2D eigenvalue weighted by molar-refractivity contribution is 6.15. The largest absolute Gasteiger partial charge is 0.310 e. The van der Waals surface area contributed by atoms with Crippen molar-refractivity contribution in [2.24, 2.45) is 0 Å². The molecule has 0 N–H and O–H groups in total. The topological polar surface area (TPSA) is 3.24 Å². The van der Waals surface area contributed by atoms with E-state index in [4.69, 9.17) is 0 Å². The van der Waals surface area contributed by atoms with E-state index < -0.39 is 0 Å². The van der Waals surface area contributed by atoms with Gasteiger partial charge in [0.05, 0.1) is 0 Å². The highest BCUT2D eigenvalue weighted by Crippen LogP contribution is 2.43. The predicted octanol–water partition coefficient (Wildman–Crippen LogP) is 14.8. The Kier molecular flexibility index (Phi) is 7.55. The lowest BCUT2D eigenvalue weighted by Gasteiger charge is -2.27. The average Bonchev–Trinajstić information content (AvgIpc) is 3.24. The van der Waals surface area contributed by atoms with Crippen molar-refractivity contribution in [1.29, 1.82) is 0 Å². The Hall–Kier alpha value is -6.96. The normalized spacial score (nSPS) is 11.4. The van der Waals surface area contributed by atoms with Gasteiger partial charge in [0.25, 0.3) is 0 Å². The van der Waals surface area contributed by atoms with Crippen LogP contribution in [0, 0.1) is 0 Å². The average molecular weight is 674 g/mol. The van der Waals surface area contributed by atoms with Crippen LogP contribution in [0.25, 0.3) is 76.5 Å². The van der Waals surface area contributed by atoms with Crippen LogP contribution in [-0.2, 0) is 0 Å². The number of hydrogen-bond donors (Lipinski definition) is 0. The molecule has 0 bridgehead atoms. The third-order valence-electron chi connectivity index (χ3n) is 10.6. The second-order valence-electron chi connectivity index (χ2n) is 13.7. The van der Waals surface area contributed by atoms with Crippen molar-refractivity contribution in [3.63, 3.8) is 0 Å². The first-order valence-electron chi connectivity index (χ1n) is 18.3. The lowest BCUT2D eigenvalue weighted by atomic mass is 9.92. The van der Waals surface area contributed by atoms with Crippen LogP contribution in [0.5, 0.6) is 0 Å². The number of rotatable bonds is 6.